The Morgan fingerprint density at radius 1 is 1.40 bits per heavy atom. The molecular formula is C8H8FN. The topological polar surface area (TPSA) is 12.4 Å². The highest BCUT2D eigenvalue weighted by Gasteiger charge is 1.95. The predicted molar refractivity (Wildman–Crippen MR) is 39.7 cm³/mol. The summed E-state index contributed by atoms with van der Waals surface area (Å²) in [7, 11) is 0. The van der Waals surface area contributed by atoms with E-state index in [1.54, 1.807) is 18.2 Å². The molecular weight excluding hydrogens is 129 g/mol. The van der Waals surface area contributed by atoms with Crippen LogP contribution in [0.1, 0.15) is 5.56 Å². The van der Waals surface area contributed by atoms with Crippen LogP contribution >= 0.6 is 0 Å². The lowest BCUT2D eigenvalue weighted by molar-refractivity contribution is 0.611. The van der Waals surface area contributed by atoms with Gasteiger partial charge in [-0.3, -0.25) is 4.99 Å². The van der Waals surface area contributed by atoms with Crippen molar-refractivity contribution in [3.05, 3.63) is 35.6 Å². The SMILES string of the molecule is C=NCc1ccccc1F. The van der Waals surface area contributed by atoms with Crippen LogP contribution in [-0.4, -0.2) is 6.72 Å². The van der Waals surface area contributed by atoms with Crippen LogP contribution in [0.2, 0.25) is 0 Å². The van der Waals surface area contributed by atoms with Gasteiger partial charge in [0.05, 0.1) is 6.54 Å². The first-order valence-electron chi connectivity index (χ1n) is 3.00. The van der Waals surface area contributed by atoms with Crippen molar-refractivity contribution < 1.29 is 4.39 Å². The molecule has 0 aliphatic carbocycles. The minimum absolute atomic E-state index is 0.213. The Morgan fingerprint density at radius 3 is 2.70 bits per heavy atom. The minimum Gasteiger partial charge on any atom is -0.296 e. The smallest absolute Gasteiger partial charge is 0.128 e. The van der Waals surface area contributed by atoms with E-state index in [1.807, 2.05) is 0 Å². The molecule has 0 N–H and O–H groups in total. The van der Waals surface area contributed by atoms with Gasteiger partial charge in [0, 0.05) is 5.56 Å². The standard InChI is InChI=1S/C8H8FN/c1-10-6-7-4-2-3-5-8(7)9/h2-5H,1,6H2. The zero-order valence-corrected chi connectivity index (χ0v) is 5.55. The fourth-order valence-corrected chi connectivity index (χ4v) is 0.747. The molecule has 0 unspecified atom stereocenters. The highest BCUT2D eigenvalue weighted by Crippen LogP contribution is 2.06. The third-order valence-electron chi connectivity index (χ3n) is 1.24. The van der Waals surface area contributed by atoms with E-state index in [9.17, 15) is 4.39 Å². The third-order valence-corrected chi connectivity index (χ3v) is 1.24. The summed E-state index contributed by atoms with van der Waals surface area (Å²) < 4.78 is 12.7. The molecule has 0 fully saturated rings. The van der Waals surface area contributed by atoms with Crippen LogP contribution in [0.4, 0.5) is 4.39 Å². The van der Waals surface area contributed by atoms with Gasteiger partial charge in [-0.15, -0.1) is 0 Å². The Balaban J connectivity index is 2.91. The van der Waals surface area contributed by atoms with Gasteiger partial charge in [-0.2, -0.15) is 0 Å². The summed E-state index contributed by atoms with van der Waals surface area (Å²) in [4.78, 5) is 3.58. The lowest BCUT2D eigenvalue weighted by Crippen LogP contribution is -1.85. The maximum Gasteiger partial charge on any atom is 0.128 e. The molecule has 0 amide bonds. The lowest BCUT2D eigenvalue weighted by atomic mass is 10.2. The van der Waals surface area contributed by atoms with Crippen LogP contribution in [0.25, 0.3) is 0 Å². The number of hydrogen-bond donors (Lipinski definition) is 0. The molecule has 2 heteroatoms. The van der Waals surface area contributed by atoms with Crippen molar-refractivity contribution in [1.82, 2.24) is 0 Å². The molecule has 52 valence electrons. The Hall–Kier alpha value is -1.18. The van der Waals surface area contributed by atoms with Crippen molar-refractivity contribution in [3.63, 3.8) is 0 Å². The quantitative estimate of drug-likeness (QED) is 0.553. The van der Waals surface area contributed by atoms with Crippen LogP contribution in [0.3, 0.4) is 0 Å². The monoisotopic (exact) mass is 137 g/mol. The molecule has 1 aromatic carbocycles. The number of rotatable bonds is 2. The number of hydrogen-bond acceptors (Lipinski definition) is 1. The summed E-state index contributed by atoms with van der Waals surface area (Å²) in [5, 5.41) is 0. The largest absolute Gasteiger partial charge is 0.296 e. The molecule has 0 heterocycles. The molecule has 0 atom stereocenters. The summed E-state index contributed by atoms with van der Waals surface area (Å²) in [6, 6.07) is 6.55. The van der Waals surface area contributed by atoms with Crippen molar-refractivity contribution in [2.75, 3.05) is 0 Å². The van der Waals surface area contributed by atoms with E-state index in [0.717, 1.165) is 0 Å². The molecule has 0 saturated carbocycles. The van der Waals surface area contributed by atoms with E-state index >= 15 is 0 Å². The van der Waals surface area contributed by atoms with Gasteiger partial charge >= 0.3 is 0 Å². The lowest BCUT2D eigenvalue weighted by Gasteiger charge is -1.95. The summed E-state index contributed by atoms with van der Waals surface area (Å²) in [6.45, 7) is 3.63. The van der Waals surface area contributed by atoms with Crippen molar-refractivity contribution in [2.24, 2.45) is 4.99 Å². The summed E-state index contributed by atoms with van der Waals surface area (Å²) in [6.07, 6.45) is 0. The zero-order valence-electron chi connectivity index (χ0n) is 5.55. The molecule has 10 heavy (non-hydrogen) atoms. The first-order chi connectivity index (χ1) is 4.84. The van der Waals surface area contributed by atoms with Gasteiger partial charge in [-0.05, 0) is 12.8 Å². The predicted octanol–water partition coefficient (Wildman–Crippen LogP) is 2.03. The summed E-state index contributed by atoms with van der Waals surface area (Å²) in [5.41, 5.74) is 0.595. The maximum absolute atomic E-state index is 12.7. The van der Waals surface area contributed by atoms with Gasteiger partial charge < -0.3 is 0 Å². The molecule has 0 radical (unpaired) electrons. The van der Waals surface area contributed by atoms with E-state index in [2.05, 4.69) is 11.7 Å². The van der Waals surface area contributed by atoms with E-state index in [-0.39, 0.29) is 5.82 Å². The first-order valence-corrected chi connectivity index (χ1v) is 3.00. The maximum atomic E-state index is 12.7. The Morgan fingerprint density at radius 2 is 2.10 bits per heavy atom. The van der Waals surface area contributed by atoms with Crippen molar-refractivity contribution in [3.8, 4) is 0 Å². The van der Waals surface area contributed by atoms with E-state index in [4.69, 9.17) is 0 Å². The number of benzene rings is 1. The van der Waals surface area contributed by atoms with Crippen molar-refractivity contribution >= 4 is 6.72 Å². The summed E-state index contributed by atoms with van der Waals surface area (Å²) in [5.74, 6) is -0.213. The molecule has 1 nitrogen and oxygen atoms in total. The number of nitrogens with zero attached hydrogens (tertiary/aromatic N) is 1. The average molecular weight is 137 g/mol. The van der Waals surface area contributed by atoms with Crippen LogP contribution in [0, 0.1) is 5.82 Å². The van der Waals surface area contributed by atoms with Gasteiger partial charge in [0.25, 0.3) is 0 Å². The van der Waals surface area contributed by atoms with Gasteiger partial charge in [0.1, 0.15) is 5.82 Å². The second kappa shape index (κ2) is 3.11. The van der Waals surface area contributed by atoms with Crippen molar-refractivity contribution in [2.45, 2.75) is 6.54 Å². The Bertz CT molecular complexity index is 232. The van der Waals surface area contributed by atoms with Crippen LogP contribution < -0.4 is 0 Å². The second-order valence-corrected chi connectivity index (χ2v) is 1.97. The van der Waals surface area contributed by atoms with E-state index in [1.165, 1.54) is 6.07 Å². The van der Waals surface area contributed by atoms with Gasteiger partial charge in [0.15, 0.2) is 0 Å². The molecule has 1 rings (SSSR count). The highest BCUT2D eigenvalue weighted by atomic mass is 19.1. The van der Waals surface area contributed by atoms with E-state index < -0.39 is 0 Å². The fraction of sp³-hybridized carbons (Fsp3) is 0.125. The van der Waals surface area contributed by atoms with Gasteiger partial charge in [-0.1, -0.05) is 18.2 Å². The van der Waals surface area contributed by atoms with Crippen LogP contribution in [0.5, 0.6) is 0 Å². The molecule has 0 saturated heterocycles. The molecule has 0 aromatic heterocycles. The molecule has 0 bridgehead atoms. The fourth-order valence-electron chi connectivity index (χ4n) is 0.747. The van der Waals surface area contributed by atoms with Crippen LogP contribution in [-0.2, 0) is 6.54 Å². The Labute approximate surface area is 59.2 Å². The van der Waals surface area contributed by atoms with Gasteiger partial charge in [0.2, 0.25) is 0 Å². The molecule has 0 aliphatic rings. The summed E-state index contributed by atoms with van der Waals surface area (Å²) >= 11 is 0. The van der Waals surface area contributed by atoms with E-state index in [0.29, 0.717) is 12.1 Å². The molecule has 1 aromatic rings. The minimum atomic E-state index is -0.213. The second-order valence-electron chi connectivity index (χ2n) is 1.97. The first kappa shape index (κ1) is 6.93. The van der Waals surface area contributed by atoms with Crippen molar-refractivity contribution in [1.29, 1.82) is 0 Å². The highest BCUT2D eigenvalue weighted by molar-refractivity contribution is 5.25. The third kappa shape index (κ3) is 1.41. The Kier molecular flexibility index (Phi) is 2.15. The van der Waals surface area contributed by atoms with Gasteiger partial charge in [-0.25, -0.2) is 4.39 Å². The zero-order chi connectivity index (χ0) is 7.40. The number of aliphatic imine (C=N–C) groups is 1. The van der Waals surface area contributed by atoms with Crippen LogP contribution in [0.15, 0.2) is 29.3 Å². The average Bonchev–Trinajstić information content (AvgIpc) is 1.94. The molecule has 0 spiro atoms. The molecule has 0 aliphatic heterocycles. The normalized spacial score (nSPS) is 9.30. The number of halogens is 1.